The lowest BCUT2D eigenvalue weighted by Gasteiger charge is -2.08. The molecular weight excluding hydrogens is 315 g/mol. The van der Waals surface area contributed by atoms with Crippen LogP contribution in [0.4, 0.5) is 10.1 Å². The van der Waals surface area contributed by atoms with Gasteiger partial charge in [0.25, 0.3) is 0 Å². The molecule has 0 bridgehead atoms. The lowest BCUT2D eigenvalue weighted by Crippen LogP contribution is -2.37. The van der Waals surface area contributed by atoms with E-state index in [9.17, 15) is 14.0 Å². The molecule has 0 aromatic heterocycles. The number of rotatable bonds is 6. The molecule has 0 fully saturated rings. The molecule has 0 aliphatic carbocycles. The van der Waals surface area contributed by atoms with Gasteiger partial charge in [-0.25, -0.2) is 4.39 Å². The SMILES string of the molecule is COc1ccc(OCCNC(=O)C(=O)Nc2ccc(F)cc2)cc1. The van der Waals surface area contributed by atoms with Crippen LogP contribution in [0.2, 0.25) is 0 Å². The van der Waals surface area contributed by atoms with E-state index in [2.05, 4.69) is 10.6 Å². The van der Waals surface area contributed by atoms with Crippen molar-refractivity contribution in [3.63, 3.8) is 0 Å². The Morgan fingerprint density at radius 3 is 2.21 bits per heavy atom. The Labute approximate surface area is 138 Å². The van der Waals surface area contributed by atoms with Crippen LogP contribution >= 0.6 is 0 Å². The van der Waals surface area contributed by atoms with E-state index in [0.29, 0.717) is 17.2 Å². The van der Waals surface area contributed by atoms with Crippen molar-refractivity contribution in [2.24, 2.45) is 0 Å². The molecule has 2 aromatic carbocycles. The number of halogens is 1. The molecule has 0 saturated carbocycles. The Balaban J connectivity index is 1.70. The minimum absolute atomic E-state index is 0.168. The fourth-order valence-corrected chi connectivity index (χ4v) is 1.81. The van der Waals surface area contributed by atoms with E-state index < -0.39 is 17.6 Å². The van der Waals surface area contributed by atoms with Gasteiger partial charge >= 0.3 is 11.8 Å². The zero-order chi connectivity index (χ0) is 17.4. The molecule has 0 aliphatic rings. The van der Waals surface area contributed by atoms with Gasteiger partial charge < -0.3 is 20.1 Å². The van der Waals surface area contributed by atoms with E-state index in [1.54, 1.807) is 31.4 Å². The maximum atomic E-state index is 12.8. The molecule has 2 rings (SSSR count). The topological polar surface area (TPSA) is 76.7 Å². The summed E-state index contributed by atoms with van der Waals surface area (Å²) in [5, 5.41) is 4.80. The molecule has 126 valence electrons. The van der Waals surface area contributed by atoms with Crippen LogP contribution in [-0.4, -0.2) is 32.1 Å². The summed E-state index contributed by atoms with van der Waals surface area (Å²) in [5.74, 6) is -0.703. The number of methoxy groups -OCH3 is 1. The van der Waals surface area contributed by atoms with E-state index in [0.717, 1.165) is 0 Å². The van der Waals surface area contributed by atoms with Crippen molar-refractivity contribution in [1.29, 1.82) is 0 Å². The van der Waals surface area contributed by atoms with Crippen molar-refractivity contribution < 1.29 is 23.5 Å². The van der Waals surface area contributed by atoms with Gasteiger partial charge in [-0.05, 0) is 48.5 Å². The molecule has 0 heterocycles. The second-order valence-electron chi connectivity index (χ2n) is 4.74. The van der Waals surface area contributed by atoms with Crippen LogP contribution in [-0.2, 0) is 9.59 Å². The quantitative estimate of drug-likeness (QED) is 0.626. The Kier molecular flexibility index (Phi) is 6.13. The summed E-state index contributed by atoms with van der Waals surface area (Å²) >= 11 is 0. The number of benzene rings is 2. The molecule has 0 spiro atoms. The molecule has 2 N–H and O–H groups in total. The number of carbonyl (C=O) groups excluding carboxylic acids is 2. The second kappa shape index (κ2) is 8.52. The zero-order valence-electron chi connectivity index (χ0n) is 13.0. The number of carbonyl (C=O) groups is 2. The van der Waals surface area contributed by atoms with Gasteiger partial charge in [0.05, 0.1) is 13.7 Å². The zero-order valence-corrected chi connectivity index (χ0v) is 13.0. The maximum Gasteiger partial charge on any atom is 0.313 e. The van der Waals surface area contributed by atoms with Gasteiger partial charge in [0.15, 0.2) is 0 Å². The highest BCUT2D eigenvalue weighted by Gasteiger charge is 2.13. The number of nitrogens with one attached hydrogen (secondary N) is 2. The highest BCUT2D eigenvalue weighted by Crippen LogP contribution is 2.16. The van der Waals surface area contributed by atoms with E-state index in [1.807, 2.05) is 0 Å². The standard InChI is InChI=1S/C17H17FN2O4/c1-23-14-6-8-15(9-7-14)24-11-10-19-16(21)17(22)20-13-4-2-12(18)3-5-13/h2-9H,10-11H2,1H3,(H,19,21)(H,20,22). The lowest BCUT2D eigenvalue weighted by atomic mass is 10.3. The third kappa shape index (κ3) is 5.28. The molecule has 24 heavy (non-hydrogen) atoms. The van der Waals surface area contributed by atoms with Gasteiger partial charge in [-0.2, -0.15) is 0 Å². The fourth-order valence-electron chi connectivity index (χ4n) is 1.81. The summed E-state index contributed by atoms with van der Waals surface area (Å²) in [4.78, 5) is 23.3. The molecule has 0 saturated heterocycles. The van der Waals surface area contributed by atoms with E-state index in [1.165, 1.54) is 24.3 Å². The number of anilines is 1. The number of amides is 2. The Hall–Kier alpha value is -3.09. The molecule has 0 radical (unpaired) electrons. The molecule has 2 amide bonds. The lowest BCUT2D eigenvalue weighted by molar-refractivity contribution is -0.136. The molecule has 0 unspecified atom stereocenters. The smallest absolute Gasteiger partial charge is 0.313 e. The molecule has 7 heteroatoms. The first-order valence-electron chi connectivity index (χ1n) is 7.20. The summed E-state index contributed by atoms with van der Waals surface area (Å²) in [6.45, 7) is 0.379. The summed E-state index contributed by atoms with van der Waals surface area (Å²) in [6, 6.07) is 12.1. The van der Waals surface area contributed by atoms with Gasteiger partial charge in [-0.3, -0.25) is 9.59 Å². The maximum absolute atomic E-state index is 12.8. The van der Waals surface area contributed by atoms with Crippen molar-refractivity contribution in [3.8, 4) is 11.5 Å². The summed E-state index contributed by atoms with van der Waals surface area (Å²) < 4.78 is 23.2. The Bertz CT molecular complexity index is 687. The largest absolute Gasteiger partial charge is 0.497 e. The normalized spacial score (nSPS) is 9.92. The molecular formula is C17H17FN2O4. The number of hydrogen-bond acceptors (Lipinski definition) is 4. The highest BCUT2D eigenvalue weighted by atomic mass is 19.1. The molecule has 0 atom stereocenters. The molecule has 2 aromatic rings. The number of ether oxygens (including phenoxy) is 2. The van der Waals surface area contributed by atoms with Gasteiger partial charge in [0.2, 0.25) is 0 Å². The molecule has 6 nitrogen and oxygen atoms in total. The highest BCUT2D eigenvalue weighted by molar-refractivity contribution is 6.39. The van der Waals surface area contributed by atoms with Gasteiger partial charge in [-0.15, -0.1) is 0 Å². The van der Waals surface area contributed by atoms with Crippen LogP contribution in [0.3, 0.4) is 0 Å². The average molecular weight is 332 g/mol. The minimum atomic E-state index is -0.828. The Morgan fingerprint density at radius 2 is 1.58 bits per heavy atom. The monoisotopic (exact) mass is 332 g/mol. The van der Waals surface area contributed by atoms with Crippen LogP contribution < -0.4 is 20.1 Å². The summed E-state index contributed by atoms with van der Waals surface area (Å²) in [6.07, 6.45) is 0. The van der Waals surface area contributed by atoms with Crippen molar-refractivity contribution in [1.82, 2.24) is 5.32 Å². The van der Waals surface area contributed by atoms with Crippen LogP contribution in [0, 0.1) is 5.82 Å². The van der Waals surface area contributed by atoms with Crippen molar-refractivity contribution in [2.45, 2.75) is 0 Å². The summed E-state index contributed by atoms with van der Waals surface area (Å²) in [7, 11) is 1.57. The van der Waals surface area contributed by atoms with Crippen LogP contribution in [0.25, 0.3) is 0 Å². The third-order valence-electron chi connectivity index (χ3n) is 3.02. The first-order valence-corrected chi connectivity index (χ1v) is 7.20. The average Bonchev–Trinajstić information content (AvgIpc) is 2.61. The van der Waals surface area contributed by atoms with E-state index in [4.69, 9.17) is 9.47 Å². The first-order chi connectivity index (χ1) is 11.6. The van der Waals surface area contributed by atoms with Crippen molar-refractivity contribution in [2.75, 3.05) is 25.6 Å². The second-order valence-corrected chi connectivity index (χ2v) is 4.74. The minimum Gasteiger partial charge on any atom is -0.497 e. The van der Waals surface area contributed by atoms with Gasteiger partial charge in [0, 0.05) is 5.69 Å². The van der Waals surface area contributed by atoms with Crippen LogP contribution in [0.15, 0.2) is 48.5 Å². The van der Waals surface area contributed by atoms with Crippen molar-refractivity contribution in [3.05, 3.63) is 54.3 Å². The predicted molar refractivity (Wildman–Crippen MR) is 86.5 cm³/mol. The first kappa shape index (κ1) is 17.3. The number of hydrogen-bond donors (Lipinski definition) is 2. The molecule has 0 aliphatic heterocycles. The fraction of sp³-hybridized carbons (Fsp3) is 0.176. The van der Waals surface area contributed by atoms with Crippen molar-refractivity contribution >= 4 is 17.5 Å². The third-order valence-corrected chi connectivity index (χ3v) is 3.02. The summed E-state index contributed by atoms with van der Waals surface area (Å²) in [5.41, 5.74) is 0.339. The van der Waals surface area contributed by atoms with E-state index in [-0.39, 0.29) is 13.2 Å². The van der Waals surface area contributed by atoms with Crippen LogP contribution in [0.5, 0.6) is 11.5 Å². The van der Waals surface area contributed by atoms with Crippen LogP contribution in [0.1, 0.15) is 0 Å². The van der Waals surface area contributed by atoms with Gasteiger partial charge in [0.1, 0.15) is 23.9 Å². The Morgan fingerprint density at radius 1 is 0.958 bits per heavy atom. The predicted octanol–water partition coefficient (Wildman–Crippen LogP) is 1.97. The van der Waals surface area contributed by atoms with Gasteiger partial charge in [-0.1, -0.05) is 0 Å². The van der Waals surface area contributed by atoms with E-state index >= 15 is 0 Å².